The lowest BCUT2D eigenvalue weighted by Crippen LogP contribution is -2.15. The molecule has 0 aliphatic carbocycles. The Labute approximate surface area is 131 Å². The van der Waals surface area contributed by atoms with E-state index in [1.54, 1.807) is 18.2 Å². The van der Waals surface area contributed by atoms with Crippen LogP contribution in [0.25, 0.3) is 0 Å². The minimum absolute atomic E-state index is 0.0146. The molecule has 0 bridgehead atoms. The van der Waals surface area contributed by atoms with Crippen molar-refractivity contribution in [3.8, 4) is 5.06 Å². The van der Waals surface area contributed by atoms with Gasteiger partial charge in [-0.05, 0) is 25.0 Å². The van der Waals surface area contributed by atoms with Gasteiger partial charge in [-0.3, -0.25) is 4.72 Å². The highest BCUT2D eigenvalue weighted by molar-refractivity contribution is 7.93. The van der Waals surface area contributed by atoms with E-state index in [-0.39, 0.29) is 15.5 Å². The molecule has 2 N–H and O–H groups in total. The zero-order valence-electron chi connectivity index (χ0n) is 11.4. The molecule has 0 unspecified atom stereocenters. The summed E-state index contributed by atoms with van der Waals surface area (Å²) in [4.78, 5) is 11.6. The Balaban J connectivity index is 2.02. The maximum atomic E-state index is 12.4. The lowest BCUT2D eigenvalue weighted by atomic mass is 10.1. The third-order valence-electron chi connectivity index (χ3n) is 3.27. The van der Waals surface area contributed by atoms with Crippen LogP contribution in [0.1, 0.15) is 22.3 Å². The number of sulfonamides is 1. The van der Waals surface area contributed by atoms with Crippen LogP contribution in [-0.4, -0.2) is 26.1 Å². The Hall–Kier alpha value is -2.06. The fourth-order valence-electron chi connectivity index (χ4n) is 2.28. The van der Waals surface area contributed by atoms with E-state index in [4.69, 9.17) is 4.74 Å². The Morgan fingerprint density at radius 1 is 1.27 bits per heavy atom. The van der Waals surface area contributed by atoms with E-state index in [1.807, 2.05) is 0 Å². The molecule has 6 nitrogen and oxygen atoms in total. The highest BCUT2D eigenvalue weighted by Gasteiger charge is 2.29. The van der Waals surface area contributed by atoms with Crippen LogP contribution in [0.4, 0.5) is 5.00 Å². The van der Waals surface area contributed by atoms with Gasteiger partial charge in [0.1, 0.15) is 10.6 Å². The van der Waals surface area contributed by atoms with Crippen molar-refractivity contribution in [1.82, 2.24) is 0 Å². The van der Waals surface area contributed by atoms with E-state index in [2.05, 4.69) is 4.72 Å². The number of fused-ring (bicyclic) bond motifs is 1. The van der Waals surface area contributed by atoms with Crippen molar-refractivity contribution in [2.75, 3.05) is 11.3 Å². The Bertz CT molecular complexity index is 811. The molecule has 1 aliphatic rings. The summed E-state index contributed by atoms with van der Waals surface area (Å²) in [6.07, 6.45) is 1.29. The van der Waals surface area contributed by atoms with E-state index in [0.29, 0.717) is 23.7 Å². The van der Waals surface area contributed by atoms with Gasteiger partial charge in [-0.2, -0.15) is 0 Å². The maximum absolute atomic E-state index is 12.4. The number of aromatic carboxylic acids is 1. The van der Waals surface area contributed by atoms with Crippen LogP contribution in [0.2, 0.25) is 0 Å². The topological polar surface area (TPSA) is 92.7 Å². The van der Waals surface area contributed by atoms with Crippen molar-refractivity contribution in [1.29, 1.82) is 0 Å². The highest BCUT2D eigenvalue weighted by Crippen LogP contribution is 2.43. The average molecular weight is 339 g/mol. The normalized spacial score (nSPS) is 14.0. The Morgan fingerprint density at radius 3 is 2.68 bits per heavy atom. The van der Waals surface area contributed by atoms with Gasteiger partial charge in [0.05, 0.1) is 11.5 Å². The van der Waals surface area contributed by atoms with Crippen LogP contribution < -0.4 is 9.46 Å². The first-order valence-electron chi connectivity index (χ1n) is 6.58. The molecular weight excluding hydrogens is 326 g/mol. The van der Waals surface area contributed by atoms with E-state index >= 15 is 0 Å². The quantitative estimate of drug-likeness (QED) is 0.893. The maximum Gasteiger partial charge on any atom is 0.339 e. The molecule has 0 saturated carbocycles. The zero-order chi connectivity index (χ0) is 15.7. The van der Waals surface area contributed by atoms with E-state index in [1.165, 1.54) is 12.1 Å². The van der Waals surface area contributed by atoms with E-state index < -0.39 is 16.0 Å². The van der Waals surface area contributed by atoms with Crippen molar-refractivity contribution < 1.29 is 23.1 Å². The number of anilines is 1. The summed E-state index contributed by atoms with van der Waals surface area (Å²) >= 11 is 1.02. The smallest absolute Gasteiger partial charge is 0.339 e. The molecule has 0 spiro atoms. The summed E-state index contributed by atoms with van der Waals surface area (Å²) in [6.45, 7) is 0.511. The number of carboxylic acid groups (broad SMARTS) is 1. The molecule has 0 atom stereocenters. The fourth-order valence-corrected chi connectivity index (χ4v) is 4.72. The van der Waals surface area contributed by atoms with Crippen LogP contribution in [-0.2, 0) is 16.4 Å². The molecular formula is C14H13NO5S2. The van der Waals surface area contributed by atoms with Crippen LogP contribution in [0.3, 0.4) is 0 Å². The van der Waals surface area contributed by atoms with Crippen LogP contribution in [0.15, 0.2) is 35.2 Å². The number of benzene rings is 1. The third-order valence-corrected chi connectivity index (χ3v) is 5.82. The standard InChI is InChI=1S/C14H13NO5S2/c16-13(17)11-10-7-4-8-20-14(10)21-12(11)15-22(18,19)9-5-2-1-3-6-9/h1-3,5-6,15H,4,7-8H2,(H,16,17). The molecule has 2 aromatic rings. The third kappa shape index (κ3) is 2.67. The lowest BCUT2D eigenvalue weighted by Gasteiger charge is -2.12. The van der Waals surface area contributed by atoms with Crippen molar-refractivity contribution in [3.05, 3.63) is 41.5 Å². The predicted octanol–water partition coefficient (Wildman–Crippen LogP) is 2.57. The van der Waals surface area contributed by atoms with Crippen molar-refractivity contribution >= 4 is 32.3 Å². The fraction of sp³-hybridized carbons (Fsp3) is 0.214. The van der Waals surface area contributed by atoms with Crippen LogP contribution >= 0.6 is 11.3 Å². The molecule has 1 aromatic heterocycles. The number of nitrogens with one attached hydrogen (secondary N) is 1. The second-order valence-corrected chi connectivity index (χ2v) is 7.41. The van der Waals surface area contributed by atoms with Gasteiger partial charge < -0.3 is 9.84 Å². The summed E-state index contributed by atoms with van der Waals surface area (Å²) in [5.41, 5.74) is 0.550. The van der Waals surface area contributed by atoms with Gasteiger partial charge in [0, 0.05) is 5.56 Å². The molecule has 116 valence electrons. The Kier molecular flexibility index (Phi) is 3.79. The largest absolute Gasteiger partial charge is 0.484 e. The van der Waals surface area contributed by atoms with Gasteiger partial charge in [-0.25, -0.2) is 13.2 Å². The minimum Gasteiger partial charge on any atom is -0.484 e. The van der Waals surface area contributed by atoms with Crippen LogP contribution in [0, 0.1) is 0 Å². The summed E-state index contributed by atoms with van der Waals surface area (Å²) in [5, 5.41) is 9.96. The molecule has 3 rings (SSSR count). The minimum atomic E-state index is -3.83. The number of rotatable bonds is 4. The summed E-state index contributed by atoms with van der Waals surface area (Å²) < 4.78 is 32.5. The molecule has 1 aromatic carbocycles. The Morgan fingerprint density at radius 2 is 2.00 bits per heavy atom. The number of thiophene rings is 1. The summed E-state index contributed by atoms with van der Waals surface area (Å²) in [6, 6.07) is 7.82. The first-order chi connectivity index (χ1) is 10.5. The molecule has 0 radical (unpaired) electrons. The monoisotopic (exact) mass is 339 g/mol. The van der Waals surface area contributed by atoms with Gasteiger partial charge in [0.2, 0.25) is 0 Å². The number of carboxylic acids is 1. The van der Waals surface area contributed by atoms with Gasteiger partial charge in [-0.1, -0.05) is 29.5 Å². The van der Waals surface area contributed by atoms with Gasteiger partial charge in [-0.15, -0.1) is 0 Å². The molecule has 22 heavy (non-hydrogen) atoms. The second kappa shape index (κ2) is 5.62. The van der Waals surface area contributed by atoms with Gasteiger partial charge >= 0.3 is 5.97 Å². The molecule has 0 amide bonds. The predicted molar refractivity (Wildman–Crippen MR) is 82.3 cm³/mol. The zero-order valence-corrected chi connectivity index (χ0v) is 13.0. The number of ether oxygens (including phenoxy) is 1. The number of hydrogen-bond donors (Lipinski definition) is 2. The average Bonchev–Trinajstić information content (AvgIpc) is 2.85. The first-order valence-corrected chi connectivity index (χ1v) is 8.88. The molecule has 0 fully saturated rings. The first kappa shape index (κ1) is 14.9. The number of hydrogen-bond acceptors (Lipinski definition) is 5. The van der Waals surface area contributed by atoms with Crippen molar-refractivity contribution in [3.63, 3.8) is 0 Å². The van der Waals surface area contributed by atoms with Crippen molar-refractivity contribution in [2.45, 2.75) is 17.7 Å². The lowest BCUT2D eigenvalue weighted by molar-refractivity contribution is 0.0696. The number of carbonyl (C=O) groups is 1. The summed E-state index contributed by atoms with van der Waals surface area (Å²) in [5.74, 6) is -1.16. The second-order valence-electron chi connectivity index (χ2n) is 4.75. The van der Waals surface area contributed by atoms with Crippen LogP contribution in [0.5, 0.6) is 5.06 Å². The summed E-state index contributed by atoms with van der Waals surface area (Å²) in [7, 11) is -3.83. The van der Waals surface area contributed by atoms with Gasteiger partial charge in [0.25, 0.3) is 10.0 Å². The van der Waals surface area contributed by atoms with E-state index in [9.17, 15) is 18.3 Å². The highest BCUT2D eigenvalue weighted by atomic mass is 32.2. The molecule has 8 heteroatoms. The molecule has 1 aliphatic heterocycles. The van der Waals surface area contributed by atoms with E-state index in [0.717, 1.165) is 17.8 Å². The molecule has 2 heterocycles. The van der Waals surface area contributed by atoms with Crippen molar-refractivity contribution in [2.24, 2.45) is 0 Å². The SMILES string of the molecule is O=C(O)c1c(NS(=O)(=O)c2ccccc2)sc2c1CCCO2. The molecule has 0 saturated heterocycles. The van der Waals surface area contributed by atoms with Gasteiger partial charge in [0.15, 0.2) is 5.06 Å².